The topological polar surface area (TPSA) is 126 Å². The molecule has 0 unspecified atom stereocenters. The van der Waals surface area contributed by atoms with Crippen molar-refractivity contribution in [1.82, 2.24) is 20.9 Å². The molecule has 43 heavy (non-hydrogen) atoms. The van der Waals surface area contributed by atoms with Crippen molar-refractivity contribution in [3.05, 3.63) is 59.2 Å². The zero-order chi connectivity index (χ0) is 31.5. The number of para-hydroxylation sites is 1. The van der Waals surface area contributed by atoms with Gasteiger partial charge >= 0.3 is 0 Å². The summed E-state index contributed by atoms with van der Waals surface area (Å²) in [4.78, 5) is 55.0. The Kier molecular flexibility index (Phi) is 12.4. The lowest BCUT2D eigenvalue weighted by Crippen LogP contribution is -2.53. The fourth-order valence-electron chi connectivity index (χ4n) is 4.97. The summed E-state index contributed by atoms with van der Waals surface area (Å²) >= 11 is 0. The lowest BCUT2D eigenvalue weighted by Gasteiger charge is -2.29. The Hall–Kier alpha value is -4.08. The molecule has 0 aliphatic carbocycles. The van der Waals surface area contributed by atoms with Crippen LogP contribution in [0.4, 0.5) is 0 Å². The number of nitrogens with one attached hydrogen (secondary N) is 3. The predicted octanol–water partition coefficient (Wildman–Crippen LogP) is 3.57. The third-order valence-corrected chi connectivity index (χ3v) is 7.25. The Morgan fingerprint density at radius 3 is 2.53 bits per heavy atom. The summed E-state index contributed by atoms with van der Waals surface area (Å²) in [6.45, 7) is 13.2. The van der Waals surface area contributed by atoms with Gasteiger partial charge in [-0.2, -0.15) is 0 Å². The molecule has 3 N–H and O–H groups in total. The molecule has 1 aliphatic rings. The molecule has 0 bridgehead atoms. The highest BCUT2D eigenvalue weighted by molar-refractivity contribution is 6.01. The molecule has 0 radical (unpaired) electrons. The molecule has 0 fully saturated rings. The Balaban J connectivity index is 1.79. The minimum absolute atomic E-state index is 0.137. The van der Waals surface area contributed by atoms with Crippen molar-refractivity contribution in [1.29, 1.82) is 0 Å². The monoisotopic (exact) mass is 594 g/mol. The van der Waals surface area contributed by atoms with Crippen LogP contribution in [0.5, 0.6) is 11.5 Å². The third-order valence-electron chi connectivity index (χ3n) is 7.25. The second-order valence-corrected chi connectivity index (χ2v) is 11.6. The number of nitrogens with zero attached hydrogens (tertiary/aromatic N) is 1. The third kappa shape index (κ3) is 9.73. The van der Waals surface area contributed by atoms with Gasteiger partial charge in [-0.15, -0.1) is 0 Å². The smallest absolute Gasteiger partial charge is 0.255 e. The number of ether oxygens (including phenoxy) is 2. The number of amides is 4. The van der Waals surface area contributed by atoms with Crippen LogP contribution in [0.25, 0.3) is 0 Å². The largest absolute Gasteiger partial charge is 0.491 e. The first-order valence-corrected chi connectivity index (χ1v) is 15.1. The van der Waals surface area contributed by atoms with Crippen LogP contribution >= 0.6 is 0 Å². The van der Waals surface area contributed by atoms with Gasteiger partial charge in [0.1, 0.15) is 36.8 Å². The summed E-state index contributed by atoms with van der Waals surface area (Å²) in [5.74, 6) is -0.297. The van der Waals surface area contributed by atoms with Crippen molar-refractivity contribution in [3.8, 4) is 11.5 Å². The molecular formula is C33H46N4O6. The predicted molar refractivity (Wildman–Crippen MR) is 165 cm³/mol. The van der Waals surface area contributed by atoms with Crippen molar-refractivity contribution >= 4 is 23.6 Å². The van der Waals surface area contributed by atoms with Gasteiger partial charge in [0.05, 0.1) is 25.1 Å². The van der Waals surface area contributed by atoms with Crippen LogP contribution in [0.2, 0.25) is 0 Å². The summed E-state index contributed by atoms with van der Waals surface area (Å²) in [6.07, 6.45) is 0.0908. The Morgan fingerprint density at radius 2 is 1.84 bits per heavy atom. The van der Waals surface area contributed by atoms with Gasteiger partial charge < -0.3 is 30.3 Å². The van der Waals surface area contributed by atoms with Gasteiger partial charge in [0.15, 0.2) is 0 Å². The van der Waals surface area contributed by atoms with Crippen molar-refractivity contribution in [2.75, 3.05) is 32.8 Å². The average molecular weight is 595 g/mol. The summed E-state index contributed by atoms with van der Waals surface area (Å²) in [6, 6.07) is 10.8. The van der Waals surface area contributed by atoms with Crippen LogP contribution in [0.15, 0.2) is 42.5 Å². The highest BCUT2D eigenvalue weighted by Crippen LogP contribution is 2.27. The summed E-state index contributed by atoms with van der Waals surface area (Å²) in [7, 11) is 0. The van der Waals surface area contributed by atoms with E-state index in [1.54, 1.807) is 29.2 Å². The summed E-state index contributed by atoms with van der Waals surface area (Å²) < 4.78 is 11.9. The van der Waals surface area contributed by atoms with Crippen molar-refractivity contribution < 1.29 is 28.7 Å². The molecule has 1 aliphatic heterocycles. The standard InChI is InChI=1S/C33H46N4O6/c1-7-37-15-17-43-28-11-9-8-10-25(28)31(39)36-26(20-30(38)35-27(33(37)41)18-21(2)3)32(40)34-14-16-42-29-19-23(6)12-13-24(29)22(4)5/h8-13,19,21-22,26-27H,7,14-18,20H2,1-6H3,(H,34,40)(H,35,38)(H,36,39)/t26-,27+/m0/s1. The van der Waals surface area contributed by atoms with Gasteiger partial charge in [0.25, 0.3) is 5.91 Å². The molecule has 2 aromatic rings. The van der Waals surface area contributed by atoms with Gasteiger partial charge in [-0.05, 0) is 61.4 Å². The zero-order valence-electron chi connectivity index (χ0n) is 26.2. The van der Waals surface area contributed by atoms with Crippen LogP contribution in [0.3, 0.4) is 0 Å². The van der Waals surface area contributed by atoms with E-state index >= 15 is 0 Å². The van der Waals surface area contributed by atoms with E-state index in [1.165, 1.54) is 0 Å². The van der Waals surface area contributed by atoms with E-state index in [1.807, 2.05) is 45.9 Å². The molecule has 2 aromatic carbocycles. The number of likely N-dealkylation sites (N-methyl/N-ethyl adjacent to an activating group) is 1. The lowest BCUT2D eigenvalue weighted by molar-refractivity contribution is -0.137. The second kappa shape index (κ2) is 16.0. The minimum Gasteiger partial charge on any atom is -0.491 e. The van der Waals surface area contributed by atoms with Crippen molar-refractivity contribution in [2.45, 2.75) is 72.4 Å². The number of hydrogen-bond acceptors (Lipinski definition) is 6. The Labute approximate surface area is 254 Å². The zero-order valence-corrected chi connectivity index (χ0v) is 26.2. The first-order valence-electron chi connectivity index (χ1n) is 15.1. The van der Waals surface area contributed by atoms with Gasteiger partial charge in [-0.25, -0.2) is 0 Å². The van der Waals surface area contributed by atoms with E-state index in [2.05, 4.69) is 29.8 Å². The van der Waals surface area contributed by atoms with E-state index in [4.69, 9.17) is 9.47 Å². The number of carbonyl (C=O) groups is 4. The number of hydrogen-bond donors (Lipinski definition) is 3. The molecular weight excluding hydrogens is 548 g/mol. The van der Waals surface area contributed by atoms with Crippen LogP contribution < -0.4 is 25.4 Å². The molecule has 1 heterocycles. The molecule has 10 heteroatoms. The summed E-state index contributed by atoms with van der Waals surface area (Å²) in [5, 5.41) is 8.31. The maximum absolute atomic E-state index is 13.4. The molecule has 4 amide bonds. The lowest BCUT2D eigenvalue weighted by atomic mass is 10.0. The number of aryl methyl sites for hydroxylation is 1. The average Bonchev–Trinajstić information content (AvgIpc) is 2.95. The molecule has 0 spiro atoms. The van der Waals surface area contributed by atoms with Crippen molar-refractivity contribution in [2.24, 2.45) is 5.92 Å². The van der Waals surface area contributed by atoms with Crippen LogP contribution in [-0.4, -0.2) is 73.5 Å². The van der Waals surface area contributed by atoms with E-state index in [9.17, 15) is 19.2 Å². The summed E-state index contributed by atoms with van der Waals surface area (Å²) in [5.41, 5.74) is 2.37. The molecule has 0 saturated carbocycles. The van der Waals surface area contributed by atoms with Gasteiger partial charge in [0, 0.05) is 6.54 Å². The fraction of sp³-hybridized carbons (Fsp3) is 0.515. The number of rotatable bonds is 9. The van der Waals surface area contributed by atoms with E-state index in [-0.39, 0.29) is 49.5 Å². The molecule has 10 nitrogen and oxygen atoms in total. The normalized spacial score (nSPS) is 18.3. The molecule has 3 rings (SSSR count). The molecule has 0 saturated heterocycles. The van der Waals surface area contributed by atoms with E-state index < -0.39 is 29.8 Å². The quantitative estimate of drug-likeness (QED) is 0.381. The van der Waals surface area contributed by atoms with Gasteiger partial charge in [0.2, 0.25) is 17.7 Å². The maximum atomic E-state index is 13.4. The number of fused-ring (bicyclic) bond motifs is 1. The van der Waals surface area contributed by atoms with Gasteiger partial charge in [-0.3, -0.25) is 19.2 Å². The first kappa shape index (κ1) is 33.4. The minimum atomic E-state index is -1.19. The molecule has 2 atom stereocenters. The molecule has 0 aromatic heterocycles. The van der Waals surface area contributed by atoms with Crippen LogP contribution in [0.1, 0.15) is 74.9 Å². The second-order valence-electron chi connectivity index (χ2n) is 11.6. The van der Waals surface area contributed by atoms with Crippen molar-refractivity contribution in [3.63, 3.8) is 0 Å². The van der Waals surface area contributed by atoms with Crippen LogP contribution in [0, 0.1) is 12.8 Å². The first-order chi connectivity index (χ1) is 20.5. The Morgan fingerprint density at radius 1 is 1.09 bits per heavy atom. The maximum Gasteiger partial charge on any atom is 0.255 e. The number of carbonyl (C=O) groups excluding carboxylic acids is 4. The van der Waals surface area contributed by atoms with Crippen LogP contribution in [-0.2, 0) is 14.4 Å². The highest BCUT2D eigenvalue weighted by Gasteiger charge is 2.30. The number of benzene rings is 2. The fourth-order valence-corrected chi connectivity index (χ4v) is 4.97. The highest BCUT2D eigenvalue weighted by atomic mass is 16.5. The van der Waals surface area contributed by atoms with E-state index in [0.29, 0.717) is 25.3 Å². The SMILES string of the molecule is CCN1CCOc2ccccc2C(=O)N[C@H](C(=O)NCCOc2cc(C)ccc2C(C)C)CC(=O)N[C@H](CC(C)C)C1=O. The van der Waals surface area contributed by atoms with E-state index in [0.717, 1.165) is 16.9 Å². The Bertz CT molecular complexity index is 1280. The molecule has 234 valence electrons. The van der Waals surface area contributed by atoms with Gasteiger partial charge in [-0.1, -0.05) is 52.0 Å².